The molecule has 0 saturated carbocycles. The van der Waals surface area contributed by atoms with Crippen molar-refractivity contribution in [2.24, 2.45) is 0 Å². The van der Waals surface area contributed by atoms with Crippen molar-refractivity contribution in [2.45, 2.75) is 13.3 Å². The molecule has 0 bridgehead atoms. The van der Waals surface area contributed by atoms with E-state index in [1.54, 1.807) is 6.07 Å². The Morgan fingerprint density at radius 1 is 1.40 bits per heavy atom. The Labute approximate surface area is 105 Å². The van der Waals surface area contributed by atoms with Gasteiger partial charge in [-0.05, 0) is 18.1 Å². The van der Waals surface area contributed by atoms with Crippen LogP contribution in [0.15, 0.2) is 24.3 Å². The van der Waals surface area contributed by atoms with Crippen LogP contribution in [-0.4, -0.2) is 5.11 Å². The SMILES string of the molecule is CCc1ccccc1O.[H-].[K+]. The van der Waals surface area contributed by atoms with Crippen LogP contribution in [0.5, 0.6) is 5.75 Å². The standard InChI is InChI=1S/C8H10O.K.H/c1-2-7-5-3-4-6-8(7)9;;/h3-6,9H,2H2,1H3;;/q;+1;-1. The molecule has 0 fully saturated rings. The molecule has 0 spiro atoms. The number of benzene rings is 1. The number of phenols is 1. The molecule has 1 N–H and O–H groups in total. The summed E-state index contributed by atoms with van der Waals surface area (Å²) in [6, 6.07) is 7.39. The van der Waals surface area contributed by atoms with Crippen LogP contribution < -0.4 is 51.4 Å². The molecule has 0 radical (unpaired) electrons. The van der Waals surface area contributed by atoms with Crippen LogP contribution in [0, 0.1) is 0 Å². The Hall–Kier alpha value is 0.656. The summed E-state index contributed by atoms with van der Waals surface area (Å²) in [6.45, 7) is 2.02. The van der Waals surface area contributed by atoms with Gasteiger partial charge in [0.1, 0.15) is 5.75 Å². The third-order valence-electron chi connectivity index (χ3n) is 1.37. The molecule has 0 heterocycles. The molecule has 10 heavy (non-hydrogen) atoms. The Morgan fingerprint density at radius 3 is 2.40 bits per heavy atom. The van der Waals surface area contributed by atoms with E-state index in [0.29, 0.717) is 5.75 Å². The fourth-order valence-electron chi connectivity index (χ4n) is 0.810. The van der Waals surface area contributed by atoms with Gasteiger partial charge in [0.15, 0.2) is 0 Å². The minimum absolute atomic E-state index is 0. The maximum Gasteiger partial charge on any atom is 1.00 e. The van der Waals surface area contributed by atoms with Gasteiger partial charge in [-0.3, -0.25) is 0 Å². The first kappa shape index (κ1) is 10.7. The van der Waals surface area contributed by atoms with Gasteiger partial charge in [-0.2, -0.15) is 0 Å². The molecular weight excluding hydrogens is 151 g/mol. The molecule has 0 aliphatic rings. The third-order valence-corrected chi connectivity index (χ3v) is 1.37. The van der Waals surface area contributed by atoms with E-state index < -0.39 is 0 Å². The molecule has 1 nitrogen and oxygen atoms in total. The topological polar surface area (TPSA) is 20.2 Å². The van der Waals surface area contributed by atoms with E-state index in [1.807, 2.05) is 25.1 Å². The molecule has 0 aliphatic heterocycles. The van der Waals surface area contributed by atoms with Gasteiger partial charge in [0.05, 0.1) is 0 Å². The molecule has 2 heteroatoms. The van der Waals surface area contributed by atoms with Gasteiger partial charge in [0.2, 0.25) is 0 Å². The summed E-state index contributed by atoms with van der Waals surface area (Å²) in [6.07, 6.45) is 0.896. The number of hydrogen-bond acceptors (Lipinski definition) is 1. The van der Waals surface area contributed by atoms with Crippen LogP contribution in [-0.2, 0) is 6.42 Å². The monoisotopic (exact) mass is 162 g/mol. The molecule has 1 aromatic rings. The van der Waals surface area contributed by atoms with Crippen molar-refractivity contribution >= 4 is 0 Å². The van der Waals surface area contributed by atoms with E-state index in [-0.39, 0.29) is 52.8 Å². The molecule has 0 aromatic heterocycles. The summed E-state index contributed by atoms with van der Waals surface area (Å²) < 4.78 is 0. The number of aromatic hydroxyl groups is 1. The van der Waals surface area contributed by atoms with Crippen molar-refractivity contribution < 1.29 is 57.9 Å². The van der Waals surface area contributed by atoms with Gasteiger partial charge in [0.25, 0.3) is 0 Å². The fraction of sp³-hybridized carbons (Fsp3) is 0.250. The van der Waals surface area contributed by atoms with Crippen LogP contribution in [0.2, 0.25) is 0 Å². The fourth-order valence-corrected chi connectivity index (χ4v) is 0.810. The number of hydrogen-bond donors (Lipinski definition) is 1. The summed E-state index contributed by atoms with van der Waals surface area (Å²) in [5, 5.41) is 9.11. The van der Waals surface area contributed by atoms with Crippen LogP contribution in [0.25, 0.3) is 0 Å². The van der Waals surface area contributed by atoms with Crippen LogP contribution >= 0.6 is 0 Å². The zero-order valence-corrected chi connectivity index (χ0v) is 9.59. The largest absolute Gasteiger partial charge is 1.00 e. The molecule has 0 saturated heterocycles. The second-order valence-corrected chi connectivity index (χ2v) is 1.98. The van der Waals surface area contributed by atoms with E-state index in [0.717, 1.165) is 12.0 Å². The molecule has 0 unspecified atom stereocenters. The Morgan fingerprint density at radius 2 is 2.00 bits per heavy atom. The maximum absolute atomic E-state index is 9.11. The smallest absolute Gasteiger partial charge is 1.00 e. The molecule has 1 rings (SSSR count). The minimum Gasteiger partial charge on any atom is -1.00 e. The molecule has 1 aromatic carbocycles. The quantitative estimate of drug-likeness (QED) is 0.529. The Balaban J connectivity index is 0. The number of phenolic OH excluding ortho intramolecular Hbond substituents is 1. The first-order chi connectivity index (χ1) is 4.34. The Kier molecular flexibility index (Phi) is 5.68. The number of para-hydroxylation sites is 1. The van der Waals surface area contributed by atoms with Crippen LogP contribution in [0.1, 0.15) is 13.9 Å². The predicted octanol–water partition coefficient (Wildman–Crippen LogP) is -0.929. The summed E-state index contributed by atoms with van der Waals surface area (Å²) in [5.41, 5.74) is 1.01. The van der Waals surface area contributed by atoms with Crippen molar-refractivity contribution in [3.8, 4) is 5.75 Å². The van der Waals surface area contributed by atoms with Gasteiger partial charge < -0.3 is 6.53 Å². The Bertz CT molecular complexity index is 203. The maximum atomic E-state index is 9.11. The third kappa shape index (κ3) is 2.72. The van der Waals surface area contributed by atoms with Crippen molar-refractivity contribution in [2.75, 3.05) is 0 Å². The van der Waals surface area contributed by atoms with E-state index >= 15 is 0 Å². The summed E-state index contributed by atoms with van der Waals surface area (Å²) in [4.78, 5) is 0. The van der Waals surface area contributed by atoms with Gasteiger partial charge in [-0.15, -0.1) is 0 Å². The van der Waals surface area contributed by atoms with E-state index in [1.165, 1.54) is 0 Å². The molecule has 0 amide bonds. The van der Waals surface area contributed by atoms with Gasteiger partial charge in [0, 0.05) is 0 Å². The van der Waals surface area contributed by atoms with Gasteiger partial charge >= 0.3 is 51.4 Å². The van der Waals surface area contributed by atoms with Crippen molar-refractivity contribution in [3.05, 3.63) is 29.8 Å². The molecular formula is C8H11KO. The second kappa shape index (κ2) is 5.33. The first-order valence-corrected chi connectivity index (χ1v) is 3.11. The average Bonchev–Trinajstić information content (AvgIpc) is 1.89. The average molecular weight is 162 g/mol. The molecule has 0 atom stereocenters. The van der Waals surface area contributed by atoms with Crippen molar-refractivity contribution in [3.63, 3.8) is 0 Å². The van der Waals surface area contributed by atoms with Crippen molar-refractivity contribution in [1.29, 1.82) is 0 Å². The van der Waals surface area contributed by atoms with E-state index in [2.05, 4.69) is 0 Å². The van der Waals surface area contributed by atoms with E-state index in [4.69, 9.17) is 5.11 Å². The zero-order chi connectivity index (χ0) is 6.69. The number of rotatable bonds is 1. The number of aryl methyl sites for hydroxylation is 1. The minimum atomic E-state index is 0. The normalized spacial score (nSPS) is 8.50. The predicted molar refractivity (Wildman–Crippen MR) is 38.6 cm³/mol. The molecule has 50 valence electrons. The van der Waals surface area contributed by atoms with Crippen LogP contribution in [0.3, 0.4) is 0 Å². The second-order valence-electron chi connectivity index (χ2n) is 1.98. The summed E-state index contributed by atoms with van der Waals surface area (Å²) in [5.74, 6) is 0.403. The first-order valence-electron chi connectivity index (χ1n) is 3.11. The molecule has 0 aliphatic carbocycles. The van der Waals surface area contributed by atoms with E-state index in [9.17, 15) is 0 Å². The van der Waals surface area contributed by atoms with Crippen LogP contribution in [0.4, 0.5) is 0 Å². The summed E-state index contributed by atoms with van der Waals surface area (Å²) in [7, 11) is 0. The van der Waals surface area contributed by atoms with Gasteiger partial charge in [-0.1, -0.05) is 25.1 Å². The summed E-state index contributed by atoms with van der Waals surface area (Å²) >= 11 is 0. The van der Waals surface area contributed by atoms with Gasteiger partial charge in [-0.25, -0.2) is 0 Å². The zero-order valence-electron chi connectivity index (χ0n) is 7.46. The van der Waals surface area contributed by atoms with Crippen molar-refractivity contribution in [1.82, 2.24) is 0 Å².